The van der Waals surface area contributed by atoms with Gasteiger partial charge in [0.15, 0.2) is 0 Å². The van der Waals surface area contributed by atoms with Crippen molar-refractivity contribution < 1.29 is 13.9 Å². The Balaban J connectivity index is 1.81. The third kappa shape index (κ3) is 2.22. The number of nitrogens with two attached hydrogens (primary N) is 1. The molecule has 3 nitrogen and oxygen atoms in total. The lowest BCUT2D eigenvalue weighted by molar-refractivity contribution is -0.00934. The predicted octanol–water partition coefficient (Wildman–Crippen LogP) is 2.40. The van der Waals surface area contributed by atoms with Gasteiger partial charge in [0.2, 0.25) is 0 Å². The molecule has 3 rings (SSSR count). The van der Waals surface area contributed by atoms with E-state index in [4.69, 9.17) is 15.2 Å². The van der Waals surface area contributed by atoms with E-state index in [9.17, 15) is 4.39 Å². The fourth-order valence-electron chi connectivity index (χ4n) is 2.85. The minimum absolute atomic E-state index is 0.0506. The summed E-state index contributed by atoms with van der Waals surface area (Å²) >= 11 is 0. The second kappa shape index (κ2) is 4.86. The maximum atomic E-state index is 13.2. The second-order valence-electron chi connectivity index (χ2n) is 5.16. The van der Waals surface area contributed by atoms with Gasteiger partial charge in [0.25, 0.3) is 0 Å². The summed E-state index contributed by atoms with van der Waals surface area (Å²) in [6.07, 6.45) is 3.00. The van der Waals surface area contributed by atoms with E-state index in [-0.39, 0.29) is 18.0 Å². The van der Waals surface area contributed by atoms with Gasteiger partial charge in [-0.1, -0.05) is 6.07 Å². The molecule has 1 aromatic carbocycles. The van der Waals surface area contributed by atoms with Crippen LogP contribution in [0.3, 0.4) is 0 Å². The molecule has 2 N–H and O–H groups in total. The first kappa shape index (κ1) is 11.9. The number of halogens is 1. The van der Waals surface area contributed by atoms with Crippen LogP contribution in [0.15, 0.2) is 18.2 Å². The van der Waals surface area contributed by atoms with Gasteiger partial charge in [0.1, 0.15) is 17.7 Å². The molecule has 98 valence electrons. The number of fused-ring (bicyclic) bond motifs is 1. The van der Waals surface area contributed by atoms with Gasteiger partial charge in [-0.2, -0.15) is 0 Å². The lowest BCUT2D eigenvalue weighted by Crippen LogP contribution is -2.39. The smallest absolute Gasteiger partial charge is 0.127 e. The first-order valence-electron chi connectivity index (χ1n) is 6.53. The maximum absolute atomic E-state index is 13.2. The minimum Gasteiger partial charge on any atom is -0.490 e. The Labute approximate surface area is 106 Å². The molecule has 18 heavy (non-hydrogen) atoms. The SMILES string of the molecule is N[C@@H]1CC(C2CCCOC2)Oc2cc(F)ccc21. The van der Waals surface area contributed by atoms with Crippen molar-refractivity contribution in [3.8, 4) is 5.75 Å². The van der Waals surface area contributed by atoms with Gasteiger partial charge in [-0.15, -0.1) is 0 Å². The number of ether oxygens (including phenoxy) is 2. The number of hydrogen-bond acceptors (Lipinski definition) is 3. The van der Waals surface area contributed by atoms with Crippen LogP contribution in [0.4, 0.5) is 4.39 Å². The van der Waals surface area contributed by atoms with Crippen LogP contribution >= 0.6 is 0 Å². The average molecular weight is 251 g/mol. The van der Waals surface area contributed by atoms with Crippen molar-refractivity contribution >= 4 is 0 Å². The Morgan fingerprint density at radius 1 is 1.33 bits per heavy atom. The summed E-state index contributed by atoms with van der Waals surface area (Å²) in [4.78, 5) is 0. The summed E-state index contributed by atoms with van der Waals surface area (Å²) < 4.78 is 24.7. The minimum atomic E-state index is -0.276. The molecule has 0 spiro atoms. The highest BCUT2D eigenvalue weighted by Gasteiger charge is 2.33. The largest absolute Gasteiger partial charge is 0.490 e. The van der Waals surface area contributed by atoms with Crippen molar-refractivity contribution in [1.29, 1.82) is 0 Å². The van der Waals surface area contributed by atoms with Crippen molar-refractivity contribution in [3.05, 3.63) is 29.6 Å². The molecule has 2 heterocycles. The fraction of sp³-hybridized carbons (Fsp3) is 0.571. The molecule has 0 amide bonds. The lowest BCUT2D eigenvalue weighted by atomic mass is 9.87. The lowest BCUT2D eigenvalue weighted by Gasteiger charge is -2.36. The fourth-order valence-corrected chi connectivity index (χ4v) is 2.85. The molecule has 2 aliphatic heterocycles. The highest BCUT2D eigenvalue weighted by molar-refractivity contribution is 5.38. The zero-order valence-electron chi connectivity index (χ0n) is 10.3. The zero-order chi connectivity index (χ0) is 12.5. The Hall–Kier alpha value is -1.13. The van der Waals surface area contributed by atoms with Crippen molar-refractivity contribution in [1.82, 2.24) is 0 Å². The molecule has 0 radical (unpaired) electrons. The van der Waals surface area contributed by atoms with E-state index in [1.54, 1.807) is 6.07 Å². The standard InChI is InChI=1S/C14H18FNO2/c15-10-3-4-11-12(16)7-13(18-14(11)6-10)9-2-1-5-17-8-9/h3-4,6,9,12-13H,1-2,5,7-8,16H2/t9?,12-,13?/m1/s1. The van der Waals surface area contributed by atoms with E-state index in [1.165, 1.54) is 12.1 Å². The van der Waals surface area contributed by atoms with Crippen LogP contribution < -0.4 is 10.5 Å². The number of rotatable bonds is 1. The van der Waals surface area contributed by atoms with E-state index >= 15 is 0 Å². The Morgan fingerprint density at radius 3 is 3.00 bits per heavy atom. The van der Waals surface area contributed by atoms with Crippen LogP contribution in [0.5, 0.6) is 5.75 Å². The number of benzene rings is 1. The summed E-state index contributed by atoms with van der Waals surface area (Å²) in [5, 5.41) is 0. The van der Waals surface area contributed by atoms with Gasteiger partial charge in [-0.3, -0.25) is 0 Å². The quantitative estimate of drug-likeness (QED) is 0.833. The van der Waals surface area contributed by atoms with Gasteiger partial charge >= 0.3 is 0 Å². The average Bonchev–Trinajstić information content (AvgIpc) is 2.39. The Kier molecular flexibility index (Phi) is 3.22. The predicted molar refractivity (Wildman–Crippen MR) is 65.9 cm³/mol. The molecule has 3 atom stereocenters. The molecule has 0 aliphatic carbocycles. The normalized spacial score (nSPS) is 31.6. The molecular weight excluding hydrogens is 233 g/mol. The second-order valence-corrected chi connectivity index (χ2v) is 5.16. The van der Waals surface area contributed by atoms with Crippen LogP contribution in [-0.2, 0) is 4.74 Å². The molecule has 2 unspecified atom stereocenters. The Morgan fingerprint density at radius 2 is 2.22 bits per heavy atom. The molecule has 1 aromatic rings. The number of hydrogen-bond donors (Lipinski definition) is 1. The van der Waals surface area contributed by atoms with E-state index < -0.39 is 0 Å². The molecule has 0 bridgehead atoms. The monoisotopic (exact) mass is 251 g/mol. The van der Waals surface area contributed by atoms with Crippen LogP contribution in [0.1, 0.15) is 30.9 Å². The molecule has 2 aliphatic rings. The van der Waals surface area contributed by atoms with Crippen LogP contribution in [0.25, 0.3) is 0 Å². The maximum Gasteiger partial charge on any atom is 0.127 e. The van der Waals surface area contributed by atoms with Crippen molar-refractivity contribution in [2.45, 2.75) is 31.4 Å². The summed E-state index contributed by atoms with van der Waals surface area (Å²) in [6, 6.07) is 4.53. The van der Waals surface area contributed by atoms with Gasteiger partial charge < -0.3 is 15.2 Å². The summed E-state index contributed by atoms with van der Waals surface area (Å²) in [6.45, 7) is 1.56. The van der Waals surface area contributed by atoms with Crippen LogP contribution in [-0.4, -0.2) is 19.3 Å². The third-order valence-electron chi connectivity index (χ3n) is 3.86. The van der Waals surface area contributed by atoms with E-state index in [0.29, 0.717) is 11.7 Å². The third-order valence-corrected chi connectivity index (χ3v) is 3.86. The molecule has 1 fully saturated rings. The summed E-state index contributed by atoms with van der Waals surface area (Å²) in [7, 11) is 0. The van der Waals surface area contributed by atoms with Gasteiger partial charge in [0.05, 0.1) is 6.61 Å². The van der Waals surface area contributed by atoms with Crippen LogP contribution in [0, 0.1) is 11.7 Å². The van der Waals surface area contributed by atoms with E-state index in [1.807, 2.05) is 0 Å². The summed E-state index contributed by atoms with van der Waals surface area (Å²) in [5.74, 6) is 0.701. The van der Waals surface area contributed by atoms with Crippen molar-refractivity contribution in [3.63, 3.8) is 0 Å². The molecule has 0 aromatic heterocycles. The van der Waals surface area contributed by atoms with Crippen molar-refractivity contribution in [2.75, 3.05) is 13.2 Å². The molecule has 1 saturated heterocycles. The zero-order valence-corrected chi connectivity index (χ0v) is 10.3. The molecular formula is C14H18FNO2. The van der Waals surface area contributed by atoms with Gasteiger partial charge in [0, 0.05) is 36.6 Å². The molecule has 4 heteroatoms. The highest BCUT2D eigenvalue weighted by Crippen LogP contribution is 2.37. The highest BCUT2D eigenvalue weighted by atomic mass is 19.1. The first-order chi connectivity index (χ1) is 8.74. The molecule has 0 saturated carbocycles. The van der Waals surface area contributed by atoms with Crippen molar-refractivity contribution in [2.24, 2.45) is 11.7 Å². The first-order valence-corrected chi connectivity index (χ1v) is 6.53. The summed E-state index contributed by atoms with van der Waals surface area (Å²) in [5.41, 5.74) is 7.06. The van der Waals surface area contributed by atoms with Gasteiger partial charge in [-0.05, 0) is 18.9 Å². The van der Waals surface area contributed by atoms with E-state index in [0.717, 1.165) is 38.0 Å². The van der Waals surface area contributed by atoms with Crippen LogP contribution in [0.2, 0.25) is 0 Å². The Bertz CT molecular complexity index is 432. The van der Waals surface area contributed by atoms with E-state index in [2.05, 4.69) is 0 Å². The topological polar surface area (TPSA) is 44.5 Å². The van der Waals surface area contributed by atoms with Gasteiger partial charge in [-0.25, -0.2) is 4.39 Å².